The molecule has 2 aromatic carbocycles. The first kappa shape index (κ1) is 31.0. The molecule has 0 bridgehead atoms. The number of rotatable bonds is 13. The fraction of sp³-hybridized carbons (Fsp3) is 0.367. The first-order valence-electron chi connectivity index (χ1n) is 14.4. The summed E-state index contributed by atoms with van der Waals surface area (Å²) in [5.74, 6) is 0.189. The van der Waals surface area contributed by atoms with Crippen LogP contribution >= 0.6 is 0 Å². The maximum Gasteiger partial charge on any atom is 0.228 e. The van der Waals surface area contributed by atoms with Crippen molar-refractivity contribution in [2.24, 2.45) is 5.73 Å². The lowest BCUT2D eigenvalue weighted by Crippen LogP contribution is -2.33. The van der Waals surface area contributed by atoms with Crippen molar-refractivity contribution in [2.45, 2.75) is 50.2 Å². The van der Waals surface area contributed by atoms with Crippen molar-refractivity contribution < 1.29 is 29.6 Å². The molecule has 0 saturated carbocycles. The number of carbonyl (C=O) groups is 2. The summed E-state index contributed by atoms with van der Waals surface area (Å²) in [6.07, 6.45) is 0.536. The molecule has 1 fully saturated rings. The third-order valence-electron chi connectivity index (χ3n) is 7.29. The van der Waals surface area contributed by atoms with Gasteiger partial charge in [0.1, 0.15) is 24.6 Å². The molecule has 2 aromatic heterocycles. The lowest BCUT2D eigenvalue weighted by atomic mass is 10.1. The standard InChI is InChI=1S/C30H36N8O6/c31-11-1-2-12-32-23(40)13-18-3-7-20(8-4-18)36-24(41)14-19-5-9-21(10-6-19)37-28-25-29(34-16-33-28)38(17-35-25)30-27(43)26(42)22(15-39)44-30/h3-10,16-17,22,26-27,30,39,42-43H,1-2,11-15,31H2,(H,32,40)(H,36,41)(H,33,34,37). The number of aromatic nitrogens is 4. The Labute approximate surface area is 253 Å². The molecule has 5 rings (SSSR count). The number of imidazole rings is 1. The number of nitrogens with zero attached hydrogens (tertiary/aromatic N) is 4. The van der Waals surface area contributed by atoms with Crippen molar-refractivity contribution in [3.63, 3.8) is 0 Å². The van der Waals surface area contributed by atoms with E-state index in [0.29, 0.717) is 41.4 Å². The van der Waals surface area contributed by atoms with Gasteiger partial charge in [-0.25, -0.2) is 15.0 Å². The number of anilines is 3. The number of carbonyl (C=O) groups excluding carboxylic acids is 2. The number of aliphatic hydroxyl groups is 3. The molecular weight excluding hydrogens is 568 g/mol. The summed E-state index contributed by atoms with van der Waals surface area (Å²) in [6.45, 7) is 0.781. The van der Waals surface area contributed by atoms with Crippen LogP contribution in [0, 0.1) is 0 Å². The Kier molecular flexibility index (Phi) is 10.1. The minimum absolute atomic E-state index is 0.0493. The Morgan fingerprint density at radius 1 is 0.886 bits per heavy atom. The highest BCUT2D eigenvalue weighted by Crippen LogP contribution is 2.32. The number of nitrogens with two attached hydrogens (primary N) is 1. The third kappa shape index (κ3) is 7.35. The average Bonchev–Trinajstić information content (AvgIpc) is 3.58. The van der Waals surface area contributed by atoms with Gasteiger partial charge in [-0.05, 0) is 54.8 Å². The normalized spacial score (nSPS) is 19.6. The van der Waals surface area contributed by atoms with Crippen molar-refractivity contribution in [2.75, 3.05) is 30.3 Å². The van der Waals surface area contributed by atoms with Gasteiger partial charge in [-0.2, -0.15) is 0 Å². The molecule has 1 saturated heterocycles. The van der Waals surface area contributed by atoms with Gasteiger partial charge >= 0.3 is 0 Å². The Balaban J connectivity index is 1.15. The van der Waals surface area contributed by atoms with Gasteiger partial charge in [-0.1, -0.05) is 24.3 Å². The number of hydrogen-bond acceptors (Lipinski definition) is 11. The summed E-state index contributed by atoms with van der Waals surface area (Å²) in [6, 6.07) is 14.5. The molecule has 232 valence electrons. The van der Waals surface area contributed by atoms with Crippen LogP contribution in [0.2, 0.25) is 0 Å². The van der Waals surface area contributed by atoms with Crippen LogP contribution < -0.4 is 21.7 Å². The molecule has 3 heterocycles. The lowest BCUT2D eigenvalue weighted by Gasteiger charge is -2.16. The summed E-state index contributed by atoms with van der Waals surface area (Å²) >= 11 is 0. The molecule has 4 aromatic rings. The minimum Gasteiger partial charge on any atom is -0.394 e. The molecular formula is C30H36N8O6. The fourth-order valence-electron chi connectivity index (χ4n) is 4.92. The highest BCUT2D eigenvalue weighted by Gasteiger charge is 2.44. The Bertz CT molecular complexity index is 1560. The second-order valence-corrected chi connectivity index (χ2v) is 10.5. The Hall–Kier alpha value is -4.47. The highest BCUT2D eigenvalue weighted by molar-refractivity contribution is 5.92. The molecule has 14 heteroatoms. The molecule has 44 heavy (non-hydrogen) atoms. The van der Waals surface area contributed by atoms with E-state index in [0.717, 1.165) is 24.0 Å². The monoisotopic (exact) mass is 604 g/mol. The Morgan fingerprint density at radius 3 is 2.23 bits per heavy atom. The number of amides is 2. The lowest BCUT2D eigenvalue weighted by molar-refractivity contribution is -0.120. The van der Waals surface area contributed by atoms with Crippen molar-refractivity contribution >= 4 is 40.2 Å². The zero-order valence-corrected chi connectivity index (χ0v) is 24.0. The molecule has 0 aliphatic carbocycles. The average molecular weight is 605 g/mol. The quantitative estimate of drug-likeness (QED) is 0.106. The summed E-state index contributed by atoms with van der Waals surface area (Å²) in [5, 5.41) is 38.9. The van der Waals surface area contributed by atoms with Crippen LogP contribution in [0.15, 0.2) is 61.2 Å². The zero-order valence-electron chi connectivity index (χ0n) is 24.0. The number of ether oxygens (including phenoxy) is 1. The van der Waals surface area contributed by atoms with E-state index in [1.807, 2.05) is 36.4 Å². The summed E-state index contributed by atoms with van der Waals surface area (Å²) in [7, 11) is 0. The van der Waals surface area contributed by atoms with Crippen LogP contribution in [-0.2, 0) is 27.2 Å². The molecule has 0 spiro atoms. The van der Waals surface area contributed by atoms with E-state index >= 15 is 0 Å². The van der Waals surface area contributed by atoms with Crippen LogP contribution in [0.5, 0.6) is 0 Å². The van der Waals surface area contributed by atoms with E-state index in [1.165, 1.54) is 17.2 Å². The Morgan fingerprint density at radius 2 is 1.57 bits per heavy atom. The van der Waals surface area contributed by atoms with Gasteiger partial charge in [0, 0.05) is 17.9 Å². The first-order chi connectivity index (χ1) is 21.4. The number of hydrogen-bond donors (Lipinski definition) is 7. The molecule has 4 unspecified atom stereocenters. The SMILES string of the molecule is NCCCCNC(=O)Cc1ccc(NC(=O)Cc2ccc(Nc3ncnc4c3ncn4C3OC(CO)C(O)C3O)cc2)cc1. The fourth-order valence-corrected chi connectivity index (χ4v) is 4.92. The van der Waals surface area contributed by atoms with Gasteiger partial charge in [0.15, 0.2) is 23.2 Å². The van der Waals surface area contributed by atoms with E-state index in [1.54, 1.807) is 12.1 Å². The van der Waals surface area contributed by atoms with Gasteiger partial charge in [-0.15, -0.1) is 0 Å². The number of aliphatic hydroxyl groups excluding tert-OH is 3. The highest BCUT2D eigenvalue weighted by atomic mass is 16.6. The molecule has 1 aliphatic heterocycles. The van der Waals surface area contributed by atoms with Crippen molar-refractivity contribution in [3.8, 4) is 0 Å². The van der Waals surface area contributed by atoms with Crippen LogP contribution in [0.1, 0.15) is 30.2 Å². The largest absolute Gasteiger partial charge is 0.394 e. The summed E-state index contributed by atoms with van der Waals surface area (Å²) in [4.78, 5) is 37.6. The first-order valence-corrected chi connectivity index (χ1v) is 14.4. The summed E-state index contributed by atoms with van der Waals surface area (Å²) in [5.41, 5.74) is 9.27. The van der Waals surface area contributed by atoms with Gasteiger partial charge in [0.25, 0.3) is 0 Å². The van der Waals surface area contributed by atoms with E-state index in [2.05, 4.69) is 30.9 Å². The van der Waals surface area contributed by atoms with E-state index in [9.17, 15) is 24.9 Å². The number of nitrogens with one attached hydrogen (secondary N) is 3. The zero-order chi connectivity index (χ0) is 31.1. The predicted octanol–water partition coefficient (Wildman–Crippen LogP) is 0.760. The van der Waals surface area contributed by atoms with Gasteiger partial charge in [0.2, 0.25) is 11.8 Å². The van der Waals surface area contributed by atoms with Crippen LogP contribution in [0.25, 0.3) is 11.2 Å². The molecule has 14 nitrogen and oxygen atoms in total. The maximum absolute atomic E-state index is 12.6. The number of unbranched alkanes of at least 4 members (excludes halogenated alkanes) is 1. The van der Waals surface area contributed by atoms with Crippen molar-refractivity contribution in [1.82, 2.24) is 24.8 Å². The number of benzene rings is 2. The van der Waals surface area contributed by atoms with E-state index < -0.39 is 31.1 Å². The second kappa shape index (κ2) is 14.3. The molecule has 8 N–H and O–H groups in total. The van der Waals surface area contributed by atoms with Crippen LogP contribution in [0.3, 0.4) is 0 Å². The van der Waals surface area contributed by atoms with Gasteiger partial charge < -0.3 is 41.7 Å². The second-order valence-electron chi connectivity index (χ2n) is 10.5. The number of fused-ring (bicyclic) bond motifs is 1. The molecule has 2 amide bonds. The third-order valence-corrected chi connectivity index (χ3v) is 7.29. The van der Waals surface area contributed by atoms with E-state index in [-0.39, 0.29) is 24.7 Å². The molecule has 4 atom stereocenters. The molecule has 0 radical (unpaired) electrons. The molecule has 1 aliphatic rings. The topological polar surface area (TPSA) is 210 Å². The van der Waals surface area contributed by atoms with E-state index in [4.69, 9.17) is 10.5 Å². The smallest absolute Gasteiger partial charge is 0.228 e. The van der Waals surface area contributed by atoms with Gasteiger partial charge in [-0.3, -0.25) is 14.2 Å². The van der Waals surface area contributed by atoms with Gasteiger partial charge in [0.05, 0.1) is 25.8 Å². The summed E-state index contributed by atoms with van der Waals surface area (Å²) < 4.78 is 7.10. The predicted molar refractivity (Wildman–Crippen MR) is 162 cm³/mol. The van der Waals surface area contributed by atoms with Crippen molar-refractivity contribution in [3.05, 3.63) is 72.3 Å². The maximum atomic E-state index is 12.6. The van der Waals surface area contributed by atoms with Crippen molar-refractivity contribution in [1.29, 1.82) is 0 Å². The van der Waals surface area contributed by atoms with Crippen LogP contribution in [-0.4, -0.2) is 84.7 Å². The minimum atomic E-state index is -1.27. The van der Waals surface area contributed by atoms with Crippen LogP contribution in [0.4, 0.5) is 17.2 Å².